The van der Waals surface area contributed by atoms with Crippen molar-refractivity contribution >= 4 is 34.7 Å². The topological polar surface area (TPSA) is 129 Å². The molecule has 2 heterocycles. The summed E-state index contributed by atoms with van der Waals surface area (Å²) in [5, 5.41) is 11.0. The van der Waals surface area contributed by atoms with Crippen molar-refractivity contribution in [2.75, 3.05) is 25.2 Å². The number of aryl methyl sites for hydroxylation is 1. The number of nitrogens with zero attached hydrogens (tertiary/aromatic N) is 3. The summed E-state index contributed by atoms with van der Waals surface area (Å²) in [6, 6.07) is 7.25. The van der Waals surface area contributed by atoms with Gasteiger partial charge < -0.3 is 26.0 Å². The predicted octanol–water partition coefficient (Wildman–Crippen LogP) is 3.78. The first-order valence-corrected chi connectivity index (χ1v) is 11.7. The molecule has 5 N–H and O–H groups in total. The van der Waals surface area contributed by atoms with E-state index in [0.717, 1.165) is 29.1 Å². The van der Waals surface area contributed by atoms with Gasteiger partial charge in [-0.05, 0) is 31.5 Å². The summed E-state index contributed by atoms with van der Waals surface area (Å²) >= 11 is 3.13. The number of benzene rings is 1. The van der Waals surface area contributed by atoms with Crippen molar-refractivity contribution in [1.82, 2.24) is 15.0 Å². The molecular weight excluding hydrogens is 434 g/mol. The molecule has 2 aromatic heterocycles. The molecule has 8 nitrogen and oxygen atoms in total. The largest absolute Gasteiger partial charge is 0.493 e. The molecule has 0 aliphatic heterocycles. The van der Waals surface area contributed by atoms with Crippen molar-refractivity contribution in [2.45, 2.75) is 43.7 Å². The minimum Gasteiger partial charge on any atom is -0.493 e. The van der Waals surface area contributed by atoms with Gasteiger partial charge in [-0.3, -0.25) is 0 Å². The molecule has 0 aliphatic rings. The zero-order chi connectivity index (χ0) is 22.4. The number of thioether (sulfide) groups is 1. The predicted molar refractivity (Wildman–Crippen MR) is 126 cm³/mol. The van der Waals surface area contributed by atoms with E-state index >= 15 is 0 Å². The third kappa shape index (κ3) is 6.22. The van der Waals surface area contributed by atoms with E-state index in [1.807, 2.05) is 18.2 Å². The number of ether oxygens (including phenoxy) is 2. The molecule has 1 unspecified atom stereocenters. The molecular formula is C21H27N5O3S2. The van der Waals surface area contributed by atoms with Crippen molar-refractivity contribution in [2.24, 2.45) is 0 Å². The number of thiazole rings is 1. The zero-order valence-corrected chi connectivity index (χ0v) is 19.4. The normalized spacial score (nSPS) is 12.0. The highest BCUT2D eigenvalue weighted by atomic mass is 32.2. The lowest BCUT2D eigenvalue weighted by Gasteiger charge is -2.12. The molecule has 0 aliphatic carbocycles. The Morgan fingerprint density at radius 1 is 1.13 bits per heavy atom. The molecule has 166 valence electrons. The van der Waals surface area contributed by atoms with Gasteiger partial charge in [0.25, 0.3) is 0 Å². The van der Waals surface area contributed by atoms with Gasteiger partial charge in [-0.15, -0.1) is 11.3 Å². The maximum Gasteiger partial charge on any atom is 0.191 e. The Balaban J connectivity index is 1.86. The third-order valence-electron chi connectivity index (χ3n) is 4.23. The van der Waals surface area contributed by atoms with E-state index in [9.17, 15) is 5.11 Å². The molecule has 3 aromatic rings. The second-order valence-electron chi connectivity index (χ2n) is 6.95. The summed E-state index contributed by atoms with van der Waals surface area (Å²) in [7, 11) is 1.59. The Morgan fingerprint density at radius 2 is 1.87 bits per heavy atom. The van der Waals surface area contributed by atoms with Gasteiger partial charge in [-0.25, -0.2) is 15.0 Å². The van der Waals surface area contributed by atoms with E-state index in [2.05, 4.69) is 16.9 Å². The van der Waals surface area contributed by atoms with Crippen LogP contribution in [0.3, 0.4) is 0 Å². The summed E-state index contributed by atoms with van der Waals surface area (Å²) in [5.74, 6) is 2.52. The van der Waals surface area contributed by atoms with Gasteiger partial charge in [0.05, 0.1) is 18.9 Å². The molecule has 0 saturated heterocycles. The highest BCUT2D eigenvalue weighted by molar-refractivity contribution is 7.98. The fourth-order valence-corrected chi connectivity index (χ4v) is 4.95. The number of rotatable bonds is 10. The molecule has 10 heteroatoms. The lowest BCUT2D eigenvalue weighted by molar-refractivity contribution is 0.120. The first-order chi connectivity index (χ1) is 14.9. The van der Waals surface area contributed by atoms with Crippen LogP contribution in [0.1, 0.15) is 30.8 Å². The maximum atomic E-state index is 9.55. The van der Waals surface area contributed by atoms with Crippen LogP contribution in [0.2, 0.25) is 0 Å². The highest BCUT2D eigenvalue weighted by Crippen LogP contribution is 2.37. The van der Waals surface area contributed by atoms with Gasteiger partial charge in [0, 0.05) is 22.3 Å². The smallest absolute Gasteiger partial charge is 0.191 e. The van der Waals surface area contributed by atoms with E-state index in [0.29, 0.717) is 34.0 Å². The molecule has 0 radical (unpaired) electrons. The van der Waals surface area contributed by atoms with Gasteiger partial charge in [-0.2, -0.15) is 0 Å². The van der Waals surface area contributed by atoms with Gasteiger partial charge in [0.15, 0.2) is 16.7 Å². The minimum atomic E-state index is -0.573. The van der Waals surface area contributed by atoms with Gasteiger partial charge in [0.2, 0.25) is 0 Å². The number of aromatic nitrogens is 3. The molecule has 0 spiro atoms. The molecule has 31 heavy (non-hydrogen) atoms. The van der Waals surface area contributed by atoms with Gasteiger partial charge in [0.1, 0.15) is 23.3 Å². The summed E-state index contributed by atoms with van der Waals surface area (Å²) in [5.41, 5.74) is 13.5. The SMILES string of the molecule is CCCc1sc(-c2ccc(OC)c(OCC(C)O)c2)nc1CSc1nc(N)cc(N)n1. The number of aliphatic hydroxyl groups excluding tert-OH is 1. The van der Waals surface area contributed by atoms with Crippen LogP contribution in [0.15, 0.2) is 29.4 Å². The van der Waals surface area contributed by atoms with Crippen molar-refractivity contribution in [3.63, 3.8) is 0 Å². The molecule has 0 bridgehead atoms. The van der Waals surface area contributed by atoms with Crippen molar-refractivity contribution in [3.8, 4) is 22.1 Å². The van der Waals surface area contributed by atoms with E-state index in [-0.39, 0.29) is 6.61 Å². The van der Waals surface area contributed by atoms with Crippen molar-refractivity contribution in [1.29, 1.82) is 0 Å². The lowest BCUT2D eigenvalue weighted by Crippen LogP contribution is -2.13. The number of hydrogen-bond donors (Lipinski definition) is 3. The molecule has 1 atom stereocenters. The van der Waals surface area contributed by atoms with Crippen LogP contribution in [0.25, 0.3) is 10.6 Å². The minimum absolute atomic E-state index is 0.185. The summed E-state index contributed by atoms with van der Waals surface area (Å²) in [4.78, 5) is 14.6. The van der Waals surface area contributed by atoms with Crippen LogP contribution in [-0.4, -0.2) is 39.9 Å². The molecule has 0 saturated carbocycles. The van der Waals surface area contributed by atoms with Crippen LogP contribution < -0.4 is 20.9 Å². The third-order valence-corrected chi connectivity index (χ3v) is 6.29. The van der Waals surface area contributed by atoms with Crippen LogP contribution in [-0.2, 0) is 12.2 Å². The second-order valence-corrected chi connectivity index (χ2v) is 8.98. The maximum absolute atomic E-state index is 9.55. The highest BCUT2D eigenvalue weighted by Gasteiger charge is 2.16. The van der Waals surface area contributed by atoms with Gasteiger partial charge in [-0.1, -0.05) is 25.1 Å². The van der Waals surface area contributed by atoms with Gasteiger partial charge >= 0.3 is 0 Å². The Hall–Kier alpha value is -2.56. The fraction of sp³-hybridized carbons (Fsp3) is 0.381. The molecule has 1 aromatic carbocycles. The number of methoxy groups -OCH3 is 1. The van der Waals surface area contributed by atoms with E-state index in [4.69, 9.17) is 25.9 Å². The summed E-state index contributed by atoms with van der Waals surface area (Å²) in [6.07, 6.45) is 1.39. The Kier molecular flexibility index (Phi) is 7.94. The van der Waals surface area contributed by atoms with E-state index in [1.54, 1.807) is 25.4 Å². The second kappa shape index (κ2) is 10.7. The number of anilines is 2. The van der Waals surface area contributed by atoms with E-state index in [1.165, 1.54) is 22.7 Å². The van der Waals surface area contributed by atoms with E-state index < -0.39 is 6.10 Å². The standard InChI is InChI=1S/C21H27N5O3S2/c1-4-5-17-14(11-30-21-25-18(22)9-19(23)26-21)24-20(31-17)13-6-7-15(28-3)16(8-13)29-10-12(2)27/h6-9,12,27H,4-5,10-11H2,1-3H3,(H4,22,23,25,26). The summed E-state index contributed by atoms with van der Waals surface area (Å²) in [6.45, 7) is 4.01. The molecule has 0 amide bonds. The zero-order valence-electron chi connectivity index (χ0n) is 17.8. The number of hydrogen-bond acceptors (Lipinski definition) is 10. The first kappa shape index (κ1) is 23.1. The van der Waals surface area contributed by atoms with Crippen molar-refractivity contribution < 1.29 is 14.6 Å². The quantitative estimate of drug-likeness (QED) is 0.305. The van der Waals surface area contributed by atoms with Crippen molar-refractivity contribution in [3.05, 3.63) is 34.8 Å². The fourth-order valence-electron chi connectivity index (χ4n) is 2.83. The van der Waals surface area contributed by atoms with Crippen LogP contribution in [0.5, 0.6) is 11.5 Å². The van der Waals surface area contributed by atoms with Crippen LogP contribution in [0.4, 0.5) is 11.6 Å². The molecule has 3 rings (SSSR count). The number of nitrogens with two attached hydrogens (primary N) is 2. The Morgan fingerprint density at radius 3 is 2.52 bits per heavy atom. The Labute approximate surface area is 190 Å². The average Bonchev–Trinajstić information content (AvgIpc) is 3.13. The average molecular weight is 462 g/mol. The number of nitrogen functional groups attached to an aromatic ring is 2. The number of aliphatic hydroxyl groups is 1. The summed E-state index contributed by atoms with van der Waals surface area (Å²) < 4.78 is 11.1. The van der Waals surface area contributed by atoms with Crippen LogP contribution in [0, 0.1) is 0 Å². The van der Waals surface area contributed by atoms with Crippen LogP contribution >= 0.6 is 23.1 Å². The monoisotopic (exact) mass is 461 g/mol. The lowest BCUT2D eigenvalue weighted by atomic mass is 10.2. The molecule has 0 fully saturated rings. The Bertz CT molecular complexity index is 1010. The first-order valence-electron chi connectivity index (χ1n) is 9.90.